The van der Waals surface area contributed by atoms with Crippen LogP contribution in [0.4, 0.5) is 10.8 Å². The lowest BCUT2D eigenvalue weighted by Gasteiger charge is -2.26. The van der Waals surface area contributed by atoms with Crippen LogP contribution >= 0.6 is 11.3 Å². The predicted molar refractivity (Wildman–Crippen MR) is 125 cm³/mol. The Labute approximate surface area is 200 Å². The second-order valence-corrected chi connectivity index (χ2v) is 11.5. The van der Waals surface area contributed by atoms with Crippen molar-refractivity contribution in [3.63, 3.8) is 0 Å². The van der Waals surface area contributed by atoms with Gasteiger partial charge in [0, 0.05) is 22.7 Å². The van der Waals surface area contributed by atoms with Crippen LogP contribution in [-0.4, -0.2) is 46.8 Å². The molecule has 0 spiro atoms. The Morgan fingerprint density at radius 3 is 2.71 bits per heavy atom. The Morgan fingerprint density at radius 1 is 1.24 bits per heavy atom. The molecular weight excluding hydrogens is 480 g/mol. The van der Waals surface area contributed by atoms with Gasteiger partial charge >= 0.3 is 12.1 Å². The van der Waals surface area contributed by atoms with Gasteiger partial charge < -0.3 is 20.2 Å². The van der Waals surface area contributed by atoms with Crippen molar-refractivity contribution in [2.24, 2.45) is 10.1 Å². The van der Waals surface area contributed by atoms with Crippen LogP contribution in [0.5, 0.6) is 0 Å². The topological polar surface area (TPSA) is 163 Å². The molecule has 11 nitrogen and oxygen atoms in total. The van der Waals surface area contributed by atoms with Crippen molar-refractivity contribution in [3.8, 4) is 0 Å². The van der Waals surface area contributed by atoms with Gasteiger partial charge in [-0.15, -0.1) is 16.4 Å². The molecule has 3 aliphatic carbocycles. The zero-order valence-electron chi connectivity index (χ0n) is 18.2. The van der Waals surface area contributed by atoms with Gasteiger partial charge in [-0.1, -0.05) is 11.2 Å². The second kappa shape index (κ2) is 9.29. The highest BCUT2D eigenvalue weighted by Gasteiger charge is 2.37. The molecule has 2 aromatic rings. The molecule has 180 valence electrons. The summed E-state index contributed by atoms with van der Waals surface area (Å²) in [5.74, 6) is -0.0672. The number of ether oxygens (including phenoxy) is 1. The normalized spacial score (nSPS) is 26.3. The number of carbonyl (C=O) groups excluding carboxylic acids is 1. The zero-order chi connectivity index (χ0) is 23.7. The first kappa shape index (κ1) is 22.7. The number of hydrogen-bond donors (Lipinski definition) is 2. The lowest BCUT2D eigenvalue weighted by Crippen LogP contribution is -2.26. The maximum atomic E-state index is 12.7. The molecule has 0 radical (unpaired) electrons. The molecule has 0 bridgehead atoms. The van der Waals surface area contributed by atoms with E-state index in [0.29, 0.717) is 24.3 Å². The van der Waals surface area contributed by atoms with Crippen molar-refractivity contribution < 1.29 is 22.4 Å². The lowest BCUT2D eigenvalue weighted by atomic mass is 9.88. The molecule has 0 aromatic carbocycles. The average Bonchev–Trinajstić information content (AvgIpc) is 3.35. The number of rotatable bonds is 7. The maximum absolute atomic E-state index is 12.7. The minimum Gasteiger partial charge on any atom is -0.446 e. The highest BCUT2D eigenvalue weighted by molar-refractivity contribution is 7.91. The molecule has 2 aromatic heterocycles. The third-order valence-electron chi connectivity index (χ3n) is 6.03. The number of carbonyl (C=O) groups is 1. The second-order valence-electron chi connectivity index (χ2n) is 8.55. The van der Waals surface area contributed by atoms with Gasteiger partial charge in [-0.2, -0.15) is 4.40 Å². The number of nitrogens with two attached hydrogens (primary N) is 1. The Morgan fingerprint density at radius 2 is 2.03 bits per heavy atom. The van der Waals surface area contributed by atoms with E-state index in [0.717, 1.165) is 35.6 Å². The smallest absolute Gasteiger partial charge is 0.404 e. The van der Waals surface area contributed by atoms with Gasteiger partial charge in [0.05, 0.1) is 21.9 Å². The van der Waals surface area contributed by atoms with Crippen molar-refractivity contribution in [2.45, 2.75) is 61.7 Å². The summed E-state index contributed by atoms with van der Waals surface area (Å²) in [5, 5.41) is 11.0. The number of nitrogens with zero attached hydrogens (tertiary/aromatic N) is 4. The molecule has 3 aliphatic rings. The van der Waals surface area contributed by atoms with E-state index >= 15 is 0 Å². The Kier molecular flexibility index (Phi) is 6.21. The molecule has 1 unspecified atom stereocenters. The average molecular weight is 505 g/mol. The minimum atomic E-state index is -3.58. The van der Waals surface area contributed by atoms with E-state index in [-0.39, 0.29) is 24.0 Å². The maximum Gasteiger partial charge on any atom is 0.404 e. The quantitative estimate of drug-likeness (QED) is 0.576. The van der Waals surface area contributed by atoms with Crippen LogP contribution in [0, 0.1) is 0 Å². The monoisotopic (exact) mass is 504 g/mol. The van der Waals surface area contributed by atoms with E-state index in [1.54, 1.807) is 23.6 Å². The summed E-state index contributed by atoms with van der Waals surface area (Å²) in [4.78, 5) is 16.5. The lowest BCUT2D eigenvalue weighted by molar-refractivity contribution is 0.0787. The first-order valence-corrected chi connectivity index (χ1v) is 13.4. The molecule has 3 N–H and O–H groups in total. The van der Waals surface area contributed by atoms with Crippen LogP contribution in [-0.2, 0) is 14.8 Å². The van der Waals surface area contributed by atoms with Gasteiger partial charge in [0.25, 0.3) is 10.0 Å². The SMILES string of the molecule is NC(=O)OC1CCC(c2ncc(C3C=CC(Nc4nnco4)=CC3=NS(=O)(=O)C3CC3)s2)CC1. The number of amides is 1. The Balaban J connectivity index is 1.35. The van der Waals surface area contributed by atoms with E-state index in [2.05, 4.69) is 24.9 Å². The number of thiazole rings is 1. The first-order valence-electron chi connectivity index (χ1n) is 11.1. The van der Waals surface area contributed by atoms with E-state index in [4.69, 9.17) is 14.9 Å². The molecule has 0 saturated heterocycles. The number of allylic oxidation sites excluding steroid dienone is 3. The van der Waals surface area contributed by atoms with E-state index in [1.807, 2.05) is 12.2 Å². The van der Waals surface area contributed by atoms with Crippen molar-refractivity contribution >= 4 is 39.2 Å². The number of primary amides is 1. The van der Waals surface area contributed by atoms with Crippen molar-refractivity contribution in [1.29, 1.82) is 0 Å². The van der Waals surface area contributed by atoms with Gasteiger partial charge in [0.15, 0.2) is 0 Å². The third-order valence-corrected chi connectivity index (χ3v) is 9.06. The standard InChI is InChI=1S/C21H24N6O5S2/c22-20(28)32-14-4-1-12(2-5-14)19-23-10-18(33-19)16-8-3-13(25-21-26-24-11-31-21)9-17(16)27-34(29,30)15-6-7-15/h3,8-12,14-16H,1-2,4-7H2,(H2,22,28)(H,25,26). The molecular formula is C21H24N6O5S2. The molecule has 2 fully saturated rings. The van der Waals surface area contributed by atoms with Crippen LogP contribution in [0.25, 0.3) is 0 Å². The van der Waals surface area contributed by atoms with Crippen LogP contribution in [0.2, 0.25) is 0 Å². The largest absolute Gasteiger partial charge is 0.446 e. The van der Waals surface area contributed by atoms with Crippen LogP contribution < -0.4 is 11.1 Å². The summed E-state index contributed by atoms with van der Waals surface area (Å²) in [6.07, 6.45) is 12.0. The van der Waals surface area contributed by atoms with Crippen molar-refractivity contribution in [1.82, 2.24) is 15.2 Å². The Hall–Kier alpha value is -3.06. The molecule has 1 atom stereocenters. The summed E-state index contributed by atoms with van der Waals surface area (Å²) in [5.41, 5.74) is 6.15. The number of anilines is 1. The predicted octanol–water partition coefficient (Wildman–Crippen LogP) is 3.23. The minimum absolute atomic E-state index is 0.143. The van der Waals surface area contributed by atoms with Crippen LogP contribution in [0.3, 0.4) is 0 Å². The molecule has 5 rings (SSSR count). The summed E-state index contributed by atoms with van der Waals surface area (Å²) in [7, 11) is -3.58. The molecule has 2 heterocycles. The summed E-state index contributed by atoms with van der Waals surface area (Å²) in [6.45, 7) is 0. The summed E-state index contributed by atoms with van der Waals surface area (Å²) < 4.78 is 39.8. The van der Waals surface area contributed by atoms with E-state index < -0.39 is 21.4 Å². The molecule has 0 aliphatic heterocycles. The fourth-order valence-electron chi connectivity index (χ4n) is 4.16. The van der Waals surface area contributed by atoms with Crippen molar-refractivity contribution in [3.05, 3.63) is 46.4 Å². The summed E-state index contributed by atoms with van der Waals surface area (Å²) >= 11 is 1.56. The van der Waals surface area contributed by atoms with Gasteiger partial charge in [0.2, 0.25) is 6.39 Å². The van der Waals surface area contributed by atoms with Gasteiger partial charge in [-0.05, 0) is 50.7 Å². The number of hydrogen-bond acceptors (Lipinski definition) is 10. The Bertz CT molecular complexity index is 1240. The highest BCUT2D eigenvalue weighted by atomic mass is 32.2. The van der Waals surface area contributed by atoms with E-state index in [1.165, 1.54) is 6.39 Å². The fourth-order valence-corrected chi connectivity index (χ4v) is 6.68. The van der Waals surface area contributed by atoms with Crippen molar-refractivity contribution in [2.75, 3.05) is 5.32 Å². The first-order chi connectivity index (χ1) is 16.4. The van der Waals surface area contributed by atoms with Gasteiger partial charge in [0.1, 0.15) is 6.10 Å². The fraction of sp³-hybridized carbons (Fsp3) is 0.476. The summed E-state index contributed by atoms with van der Waals surface area (Å²) in [6, 6.07) is 0.203. The molecule has 13 heteroatoms. The highest BCUT2D eigenvalue weighted by Crippen LogP contribution is 2.39. The number of aromatic nitrogens is 3. The number of sulfonamides is 1. The van der Waals surface area contributed by atoms with Gasteiger partial charge in [-0.25, -0.2) is 18.2 Å². The zero-order valence-corrected chi connectivity index (χ0v) is 19.8. The van der Waals surface area contributed by atoms with Gasteiger partial charge in [-0.3, -0.25) is 0 Å². The van der Waals surface area contributed by atoms with Crippen LogP contribution in [0.1, 0.15) is 60.2 Å². The van der Waals surface area contributed by atoms with E-state index in [9.17, 15) is 13.2 Å². The molecule has 1 amide bonds. The molecule has 2 saturated carbocycles. The number of nitrogens with one attached hydrogen (secondary N) is 1. The third kappa shape index (κ3) is 5.20. The van der Waals surface area contributed by atoms with Crippen LogP contribution in [0.15, 0.2) is 45.3 Å². The molecule has 34 heavy (non-hydrogen) atoms.